The van der Waals surface area contributed by atoms with Crippen molar-refractivity contribution in [2.75, 3.05) is 5.32 Å². The van der Waals surface area contributed by atoms with Gasteiger partial charge in [-0.2, -0.15) is 0 Å². The highest BCUT2D eigenvalue weighted by Gasteiger charge is 2.11. The molecule has 1 unspecified atom stereocenters. The molecular weight excluding hydrogens is 241 g/mol. The molecule has 19 heavy (non-hydrogen) atoms. The summed E-state index contributed by atoms with van der Waals surface area (Å²) >= 11 is 0. The molecule has 0 saturated carbocycles. The van der Waals surface area contributed by atoms with Crippen LogP contribution in [0.1, 0.15) is 29.7 Å². The molecule has 0 amide bonds. The van der Waals surface area contributed by atoms with Crippen LogP contribution in [0.4, 0.5) is 10.1 Å². The minimum absolute atomic E-state index is 0.0237. The number of halogens is 1. The van der Waals surface area contributed by atoms with Gasteiger partial charge in [0.05, 0.1) is 6.04 Å². The van der Waals surface area contributed by atoms with E-state index in [1.165, 1.54) is 17.2 Å². The van der Waals surface area contributed by atoms with Crippen LogP contribution in [-0.2, 0) is 0 Å². The Kier molecular flexibility index (Phi) is 3.74. The highest BCUT2D eigenvalue weighted by molar-refractivity contribution is 5.51. The fourth-order valence-corrected chi connectivity index (χ4v) is 2.27. The summed E-state index contributed by atoms with van der Waals surface area (Å²) < 4.78 is 13.0. The number of hydrogen-bond donors (Lipinski definition) is 2. The number of aryl methyl sites for hydroxylation is 2. The van der Waals surface area contributed by atoms with E-state index in [-0.39, 0.29) is 11.8 Å². The number of aromatic hydroxyl groups is 1. The fourth-order valence-electron chi connectivity index (χ4n) is 2.27. The van der Waals surface area contributed by atoms with Crippen LogP contribution in [0.3, 0.4) is 0 Å². The van der Waals surface area contributed by atoms with E-state index in [1.807, 2.05) is 32.9 Å². The Morgan fingerprint density at radius 3 is 2.26 bits per heavy atom. The number of phenolic OH excluding ortho intramolecular Hbond substituents is 1. The molecule has 1 atom stereocenters. The van der Waals surface area contributed by atoms with Gasteiger partial charge in [-0.15, -0.1) is 0 Å². The van der Waals surface area contributed by atoms with E-state index in [9.17, 15) is 9.50 Å². The lowest BCUT2D eigenvalue weighted by Gasteiger charge is -2.17. The Morgan fingerprint density at radius 1 is 1.05 bits per heavy atom. The van der Waals surface area contributed by atoms with Crippen molar-refractivity contribution < 1.29 is 9.50 Å². The first-order chi connectivity index (χ1) is 8.95. The third kappa shape index (κ3) is 3.25. The van der Waals surface area contributed by atoms with Gasteiger partial charge in [0, 0.05) is 17.3 Å². The zero-order chi connectivity index (χ0) is 14.0. The molecule has 0 radical (unpaired) electrons. The maximum atomic E-state index is 13.0. The van der Waals surface area contributed by atoms with Gasteiger partial charge in [-0.25, -0.2) is 4.39 Å². The first-order valence-electron chi connectivity index (χ1n) is 6.29. The Balaban J connectivity index is 2.22. The Hall–Kier alpha value is -2.03. The van der Waals surface area contributed by atoms with Crippen molar-refractivity contribution in [1.29, 1.82) is 0 Å². The molecule has 0 saturated heterocycles. The molecular formula is C16H18FNO. The minimum Gasteiger partial charge on any atom is -0.507 e. The molecule has 2 aromatic carbocycles. The van der Waals surface area contributed by atoms with Crippen molar-refractivity contribution in [3.05, 3.63) is 58.9 Å². The Bertz CT molecular complexity index is 575. The zero-order valence-electron chi connectivity index (χ0n) is 11.4. The quantitative estimate of drug-likeness (QED) is 0.860. The first-order valence-corrected chi connectivity index (χ1v) is 6.29. The zero-order valence-corrected chi connectivity index (χ0v) is 11.4. The minimum atomic E-state index is -0.431. The summed E-state index contributed by atoms with van der Waals surface area (Å²) in [5.41, 5.74) is 4.03. The van der Waals surface area contributed by atoms with Crippen molar-refractivity contribution in [2.45, 2.75) is 26.8 Å². The predicted molar refractivity (Wildman–Crippen MR) is 76.0 cm³/mol. The lowest BCUT2D eigenvalue weighted by Crippen LogP contribution is -2.07. The molecule has 0 spiro atoms. The van der Waals surface area contributed by atoms with Crippen LogP contribution in [0.15, 0.2) is 36.4 Å². The molecule has 0 bridgehead atoms. The number of anilines is 1. The topological polar surface area (TPSA) is 32.3 Å². The van der Waals surface area contributed by atoms with Crippen molar-refractivity contribution in [1.82, 2.24) is 0 Å². The third-order valence-corrected chi connectivity index (χ3v) is 3.06. The van der Waals surface area contributed by atoms with Crippen LogP contribution in [0.25, 0.3) is 0 Å². The number of hydrogen-bond acceptors (Lipinski definition) is 2. The average molecular weight is 259 g/mol. The summed E-state index contributed by atoms with van der Waals surface area (Å²) in [7, 11) is 0. The summed E-state index contributed by atoms with van der Waals surface area (Å²) in [5.74, 6) is -0.454. The number of rotatable bonds is 3. The molecule has 2 nitrogen and oxygen atoms in total. The van der Waals surface area contributed by atoms with Gasteiger partial charge in [0.2, 0.25) is 0 Å². The van der Waals surface area contributed by atoms with Gasteiger partial charge < -0.3 is 10.4 Å². The molecule has 2 N–H and O–H groups in total. The van der Waals surface area contributed by atoms with E-state index in [2.05, 4.69) is 11.4 Å². The van der Waals surface area contributed by atoms with Gasteiger partial charge in [-0.1, -0.05) is 12.1 Å². The first kappa shape index (κ1) is 13.4. The summed E-state index contributed by atoms with van der Waals surface area (Å²) in [4.78, 5) is 0. The van der Waals surface area contributed by atoms with E-state index in [1.54, 1.807) is 6.07 Å². The number of benzene rings is 2. The second-order valence-corrected chi connectivity index (χ2v) is 4.95. The summed E-state index contributed by atoms with van der Waals surface area (Å²) in [5, 5.41) is 13.1. The monoisotopic (exact) mass is 259 g/mol. The third-order valence-electron chi connectivity index (χ3n) is 3.06. The van der Waals surface area contributed by atoms with Gasteiger partial charge in [0.15, 0.2) is 0 Å². The highest BCUT2D eigenvalue weighted by atomic mass is 19.1. The van der Waals surface area contributed by atoms with Crippen LogP contribution in [-0.4, -0.2) is 5.11 Å². The normalized spacial score (nSPS) is 12.2. The summed E-state index contributed by atoms with van der Waals surface area (Å²) in [6.07, 6.45) is 0. The van der Waals surface area contributed by atoms with Gasteiger partial charge in [-0.3, -0.25) is 0 Å². The lowest BCUT2D eigenvalue weighted by atomic mass is 10.1. The van der Waals surface area contributed by atoms with Crippen molar-refractivity contribution >= 4 is 5.69 Å². The maximum absolute atomic E-state index is 13.0. The SMILES string of the molecule is Cc1cc(C)cc(NC(C)c2ccc(F)cc2O)c1. The predicted octanol–water partition coefficient (Wildman–Crippen LogP) is 4.32. The standard InChI is InChI=1S/C16H18FNO/c1-10-6-11(2)8-14(7-10)18-12(3)15-5-4-13(17)9-16(15)19/h4-9,12,18-19H,1-3H3. The molecule has 0 aliphatic rings. The molecule has 0 aromatic heterocycles. The molecule has 0 aliphatic heterocycles. The Labute approximate surface area is 112 Å². The van der Waals surface area contributed by atoms with Crippen LogP contribution >= 0.6 is 0 Å². The second kappa shape index (κ2) is 5.31. The molecule has 2 rings (SSSR count). The van der Waals surface area contributed by atoms with E-state index < -0.39 is 5.82 Å². The highest BCUT2D eigenvalue weighted by Crippen LogP contribution is 2.28. The lowest BCUT2D eigenvalue weighted by molar-refractivity contribution is 0.459. The van der Waals surface area contributed by atoms with E-state index in [4.69, 9.17) is 0 Å². The molecule has 0 aliphatic carbocycles. The van der Waals surface area contributed by atoms with Gasteiger partial charge >= 0.3 is 0 Å². The van der Waals surface area contributed by atoms with E-state index in [0.717, 1.165) is 11.8 Å². The maximum Gasteiger partial charge on any atom is 0.126 e. The van der Waals surface area contributed by atoms with Crippen LogP contribution in [0, 0.1) is 19.7 Å². The van der Waals surface area contributed by atoms with Crippen LogP contribution < -0.4 is 5.32 Å². The van der Waals surface area contributed by atoms with Crippen molar-refractivity contribution in [2.24, 2.45) is 0 Å². The molecule has 3 heteroatoms. The van der Waals surface area contributed by atoms with Crippen LogP contribution in [0.5, 0.6) is 5.75 Å². The van der Waals surface area contributed by atoms with Crippen molar-refractivity contribution in [3.63, 3.8) is 0 Å². The van der Waals surface area contributed by atoms with Crippen LogP contribution in [0.2, 0.25) is 0 Å². The average Bonchev–Trinajstić information content (AvgIpc) is 2.26. The number of phenols is 1. The molecule has 100 valence electrons. The van der Waals surface area contributed by atoms with Gasteiger partial charge in [0.1, 0.15) is 11.6 Å². The van der Waals surface area contributed by atoms with E-state index in [0.29, 0.717) is 5.56 Å². The fraction of sp³-hybridized carbons (Fsp3) is 0.250. The summed E-state index contributed by atoms with van der Waals surface area (Å²) in [6, 6.07) is 10.2. The van der Waals surface area contributed by atoms with Gasteiger partial charge in [0.25, 0.3) is 0 Å². The van der Waals surface area contributed by atoms with Crippen molar-refractivity contribution in [3.8, 4) is 5.75 Å². The molecule has 0 heterocycles. The van der Waals surface area contributed by atoms with E-state index >= 15 is 0 Å². The second-order valence-electron chi connectivity index (χ2n) is 4.95. The molecule has 2 aromatic rings. The molecule has 0 fully saturated rings. The number of nitrogens with one attached hydrogen (secondary N) is 1. The van der Waals surface area contributed by atoms with Gasteiger partial charge in [-0.05, 0) is 50.1 Å². The smallest absolute Gasteiger partial charge is 0.126 e. The summed E-state index contributed by atoms with van der Waals surface area (Å²) in [6.45, 7) is 6.01. The Morgan fingerprint density at radius 2 is 1.68 bits per heavy atom. The largest absolute Gasteiger partial charge is 0.507 e.